The Hall–Kier alpha value is -3.79. The van der Waals surface area contributed by atoms with Gasteiger partial charge in [-0.15, -0.1) is 0 Å². The highest BCUT2D eigenvalue weighted by Crippen LogP contribution is 2.36. The minimum Gasteiger partial charge on any atom is -0.463 e. The van der Waals surface area contributed by atoms with E-state index in [1.165, 1.54) is 11.3 Å². The third kappa shape index (κ3) is 5.84. The highest BCUT2D eigenvalue weighted by atomic mass is 79.9. The number of benzene rings is 3. The van der Waals surface area contributed by atoms with Crippen LogP contribution in [-0.2, 0) is 9.53 Å². The van der Waals surface area contributed by atoms with Crippen molar-refractivity contribution < 1.29 is 13.9 Å². The molecule has 3 aromatic carbocycles. The van der Waals surface area contributed by atoms with Gasteiger partial charge in [-0.3, -0.25) is 9.36 Å². The van der Waals surface area contributed by atoms with Crippen molar-refractivity contribution in [2.24, 2.45) is 4.99 Å². The molecule has 6 rings (SSSR count). The largest absolute Gasteiger partial charge is 0.463 e. The molecule has 1 aliphatic heterocycles. The summed E-state index contributed by atoms with van der Waals surface area (Å²) in [6.07, 6.45) is 1.73. The first-order valence-corrected chi connectivity index (χ1v) is 16.6. The van der Waals surface area contributed by atoms with Crippen molar-refractivity contribution in [1.82, 2.24) is 4.57 Å². The van der Waals surface area contributed by atoms with E-state index in [9.17, 15) is 9.59 Å². The molecule has 0 fully saturated rings. The quantitative estimate of drug-likeness (QED) is 0.160. The van der Waals surface area contributed by atoms with Gasteiger partial charge in [-0.2, -0.15) is 0 Å². The maximum absolute atomic E-state index is 14.2. The fourth-order valence-corrected chi connectivity index (χ4v) is 6.99. The second-order valence-electron chi connectivity index (χ2n) is 10.6. The SMILES string of the molecule is CCOC(=O)C1=C(c2ccccc2)N=c2s/c(=C/c3ccc(-c4cc(Br)ccc4Br)o3)c(=O)n2[C@H]1c1ccc(C(C)C)cc1. The van der Waals surface area contributed by atoms with Crippen molar-refractivity contribution in [3.63, 3.8) is 0 Å². The van der Waals surface area contributed by atoms with Gasteiger partial charge >= 0.3 is 5.97 Å². The van der Waals surface area contributed by atoms with Gasteiger partial charge in [0.2, 0.25) is 0 Å². The van der Waals surface area contributed by atoms with Crippen LogP contribution in [0.4, 0.5) is 0 Å². The molecule has 44 heavy (non-hydrogen) atoms. The molecule has 222 valence electrons. The molecule has 1 atom stereocenters. The normalized spacial score (nSPS) is 15.0. The molecule has 9 heteroatoms. The van der Waals surface area contributed by atoms with Crippen molar-refractivity contribution >= 4 is 60.9 Å². The lowest BCUT2D eigenvalue weighted by Crippen LogP contribution is -2.40. The van der Waals surface area contributed by atoms with Crippen LogP contribution < -0.4 is 14.9 Å². The fourth-order valence-electron chi connectivity index (χ4n) is 5.21. The number of carbonyl (C=O) groups is 1. The van der Waals surface area contributed by atoms with Gasteiger partial charge in [-0.05, 0) is 54.3 Å². The number of hydrogen-bond donors (Lipinski definition) is 0. The summed E-state index contributed by atoms with van der Waals surface area (Å²) in [6.45, 7) is 6.23. The van der Waals surface area contributed by atoms with E-state index in [1.807, 2.05) is 84.9 Å². The number of furan rings is 1. The van der Waals surface area contributed by atoms with E-state index in [2.05, 4.69) is 45.7 Å². The Morgan fingerprint density at radius 1 is 1.05 bits per heavy atom. The second-order valence-corrected chi connectivity index (χ2v) is 13.4. The molecular weight excluding hydrogens is 704 g/mol. The topological polar surface area (TPSA) is 73.8 Å². The van der Waals surface area contributed by atoms with Gasteiger partial charge in [0, 0.05) is 26.1 Å². The minimum atomic E-state index is -0.728. The second kappa shape index (κ2) is 12.7. The van der Waals surface area contributed by atoms with Crippen molar-refractivity contribution in [3.8, 4) is 11.3 Å². The molecule has 0 saturated carbocycles. The molecule has 0 saturated heterocycles. The summed E-state index contributed by atoms with van der Waals surface area (Å²) in [5.41, 5.74) is 4.18. The van der Waals surface area contributed by atoms with Gasteiger partial charge in [0.05, 0.1) is 28.5 Å². The number of nitrogens with zero attached hydrogens (tertiary/aromatic N) is 2. The number of rotatable bonds is 7. The Morgan fingerprint density at radius 2 is 1.80 bits per heavy atom. The van der Waals surface area contributed by atoms with E-state index < -0.39 is 12.0 Å². The van der Waals surface area contributed by atoms with Crippen molar-refractivity contribution in [2.75, 3.05) is 6.61 Å². The average Bonchev–Trinajstić information content (AvgIpc) is 3.62. The van der Waals surface area contributed by atoms with Crippen molar-refractivity contribution in [3.05, 3.63) is 142 Å². The van der Waals surface area contributed by atoms with Gasteiger partial charge in [0.25, 0.3) is 5.56 Å². The Bertz CT molecular complexity index is 2070. The van der Waals surface area contributed by atoms with Crippen LogP contribution in [0.5, 0.6) is 0 Å². The van der Waals surface area contributed by atoms with E-state index in [-0.39, 0.29) is 12.2 Å². The van der Waals surface area contributed by atoms with Crippen LogP contribution in [0, 0.1) is 0 Å². The predicted molar refractivity (Wildman–Crippen MR) is 181 cm³/mol. The predicted octanol–water partition coefficient (Wildman–Crippen LogP) is 7.84. The zero-order valence-electron chi connectivity index (χ0n) is 24.2. The first-order chi connectivity index (χ1) is 21.2. The number of esters is 1. The highest BCUT2D eigenvalue weighted by Gasteiger charge is 2.35. The van der Waals surface area contributed by atoms with Gasteiger partial charge in [-0.1, -0.05) is 112 Å². The third-order valence-corrected chi connectivity index (χ3v) is 9.55. The molecule has 2 aromatic heterocycles. The molecule has 0 unspecified atom stereocenters. The van der Waals surface area contributed by atoms with Crippen LogP contribution in [0.25, 0.3) is 23.1 Å². The zero-order chi connectivity index (χ0) is 31.0. The summed E-state index contributed by atoms with van der Waals surface area (Å²) in [5, 5.41) is 0. The Balaban J connectivity index is 1.56. The first-order valence-electron chi connectivity index (χ1n) is 14.2. The maximum atomic E-state index is 14.2. The number of fused-ring (bicyclic) bond motifs is 1. The highest BCUT2D eigenvalue weighted by molar-refractivity contribution is 9.11. The standard InChI is InChI=1S/C35H28Br2N2O4S/c1-4-42-34(41)30-31(22-8-6-5-7-9-22)38-35-39(32(30)23-12-10-21(11-13-23)20(2)3)33(40)29(44-35)19-25-15-17-28(43-25)26-18-24(36)14-16-27(26)37/h5-20,32H,4H2,1-3H3/b29-19+/t32-/m0/s1. The van der Waals surface area contributed by atoms with Crippen LogP contribution in [0.3, 0.4) is 0 Å². The van der Waals surface area contributed by atoms with E-state index in [1.54, 1.807) is 17.6 Å². The summed E-state index contributed by atoms with van der Waals surface area (Å²) in [5.74, 6) is 1.03. The molecular formula is C35H28Br2N2O4S. The smallest absolute Gasteiger partial charge is 0.338 e. The average molecular weight is 732 g/mol. The summed E-state index contributed by atoms with van der Waals surface area (Å²) in [7, 11) is 0. The van der Waals surface area contributed by atoms with Gasteiger partial charge in [0.15, 0.2) is 4.80 Å². The Morgan fingerprint density at radius 3 is 2.50 bits per heavy atom. The van der Waals surface area contributed by atoms with E-state index in [0.29, 0.717) is 38.0 Å². The number of ether oxygens (including phenoxy) is 1. The first kappa shape index (κ1) is 30.2. The molecule has 0 bridgehead atoms. The lowest BCUT2D eigenvalue weighted by atomic mass is 9.91. The maximum Gasteiger partial charge on any atom is 0.338 e. The van der Waals surface area contributed by atoms with Gasteiger partial charge in [-0.25, -0.2) is 9.79 Å². The lowest BCUT2D eigenvalue weighted by Gasteiger charge is -2.26. The lowest BCUT2D eigenvalue weighted by molar-refractivity contribution is -0.138. The van der Waals surface area contributed by atoms with E-state index in [0.717, 1.165) is 31.2 Å². The van der Waals surface area contributed by atoms with Gasteiger partial charge in [0.1, 0.15) is 11.5 Å². The molecule has 0 radical (unpaired) electrons. The van der Waals surface area contributed by atoms with E-state index >= 15 is 0 Å². The summed E-state index contributed by atoms with van der Waals surface area (Å²) < 4.78 is 15.6. The van der Waals surface area contributed by atoms with Crippen LogP contribution in [0.2, 0.25) is 0 Å². The molecule has 0 spiro atoms. The van der Waals surface area contributed by atoms with Crippen molar-refractivity contribution in [2.45, 2.75) is 32.7 Å². The number of carbonyl (C=O) groups excluding carboxylic acids is 1. The molecule has 0 aliphatic carbocycles. The zero-order valence-corrected chi connectivity index (χ0v) is 28.2. The molecule has 0 amide bonds. The summed E-state index contributed by atoms with van der Waals surface area (Å²) in [4.78, 5) is 33.3. The van der Waals surface area contributed by atoms with Crippen LogP contribution >= 0.6 is 43.2 Å². The van der Waals surface area contributed by atoms with E-state index in [4.69, 9.17) is 14.1 Å². The van der Waals surface area contributed by atoms with Gasteiger partial charge < -0.3 is 9.15 Å². The van der Waals surface area contributed by atoms with Crippen LogP contribution in [0.15, 0.2) is 114 Å². The fraction of sp³-hybridized carbons (Fsp3) is 0.171. The van der Waals surface area contributed by atoms with Crippen LogP contribution in [-0.4, -0.2) is 17.1 Å². The van der Waals surface area contributed by atoms with Crippen LogP contribution in [0.1, 0.15) is 55.2 Å². The number of aromatic nitrogens is 1. The Labute approximate surface area is 275 Å². The molecule has 0 N–H and O–H groups in total. The third-order valence-electron chi connectivity index (χ3n) is 7.39. The molecule has 6 nitrogen and oxygen atoms in total. The number of hydrogen-bond acceptors (Lipinski definition) is 6. The summed E-state index contributed by atoms with van der Waals surface area (Å²) in [6, 6.07) is 26.4. The molecule has 1 aliphatic rings. The summed E-state index contributed by atoms with van der Waals surface area (Å²) >= 11 is 8.37. The van der Waals surface area contributed by atoms with Crippen molar-refractivity contribution in [1.29, 1.82) is 0 Å². The number of halogens is 2. The Kier molecular flexibility index (Phi) is 8.71. The molecule has 3 heterocycles. The minimum absolute atomic E-state index is 0.197. The monoisotopic (exact) mass is 730 g/mol. The molecule has 5 aromatic rings. The number of thiazole rings is 1.